The topological polar surface area (TPSA) is 27.7 Å². The Morgan fingerprint density at radius 3 is 2.93 bits per heavy atom. The zero-order valence-corrected chi connectivity index (χ0v) is 11.3. The average Bonchev–Trinajstić information content (AvgIpc) is 2.27. The summed E-state index contributed by atoms with van der Waals surface area (Å²) in [6, 6.07) is 3.69. The predicted octanol–water partition coefficient (Wildman–Crippen LogP) is 2.99. The van der Waals surface area contributed by atoms with Gasteiger partial charge < -0.3 is 14.2 Å². The van der Waals surface area contributed by atoms with Crippen LogP contribution >= 0.6 is 31.9 Å². The molecule has 1 aliphatic heterocycles. The molecule has 0 saturated heterocycles. The lowest BCUT2D eigenvalue weighted by atomic mass is 10.2. The van der Waals surface area contributed by atoms with Crippen LogP contribution < -0.4 is 14.2 Å². The zero-order chi connectivity index (χ0) is 10.8. The Bertz CT molecular complexity index is 368. The molecule has 5 heteroatoms. The molecule has 0 aromatic heterocycles. The van der Waals surface area contributed by atoms with Gasteiger partial charge in [0.2, 0.25) is 0 Å². The van der Waals surface area contributed by atoms with Crippen LogP contribution in [0.15, 0.2) is 16.6 Å². The van der Waals surface area contributed by atoms with Crippen molar-refractivity contribution in [3.05, 3.63) is 16.6 Å². The number of benzene rings is 1. The maximum absolute atomic E-state index is 5.71. The molecule has 1 heterocycles. The molecular formula is C10H10Br2O3. The summed E-state index contributed by atoms with van der Waals surface area (Å²) in [5.41, 5.74) is 0. The van der Waals surface area contributed by atoms with Gasteiger partial charge in [0.25, 0.3) is 0 Å². The Morgan fingerprint density at radius 1 is 1.47 bits per heavy atom. The van der Waals surface area contributed by atoms with E-state index in [1.54, 1.807) is 7.11 Å². The van der Waals surface area contributed by atoms with Crippen LogP contribution in [-0.2, 0) is 0 Å². The van der Waals surface area contributed by atoms with Crippen molar-refractivity contribution in [2.45, 2.75) is 6.10 Å². The van der Waals surface area contributed by atoms with Crippen LogP contribution in [-0.4, -0.2) is 25.2 Å². The monoisotopic (exact) mass is 336 g/mol. The number of hydrogen-bond donors (Lipinski definition) is 0. The van der Waals surface area contributed by atoms with Gasteiger partial charge in [-0.05, 0) is 15.9 Å². The van der Waals surface area contributed by atoms with Crippen molar-refractivity contribution in [3.8, 4) is 17.2 Å². The Labute approximate surface area is 105 Å². The van der Waals surface area contributed by atoms with Crippen LogP contribution in [0.2, 0.25) is 0 Å². The third-order valence-electron chi connectivity index (χ3n) is 2.11. The Kier molecular flexibility index (Phi) is 3.41. The highest BCUT2D eigenvalue weighted by Crippen LogP contribution is 2.40. The number of hydrogen-bond acceptors (Lipinski definition) is 3. The van der Waals surface area contributed by atoms with E-state index in [-0.39, 0.29) is 6.10 Å². The van der Waals surface area contributed by atoms with E-state index in [0.29, 0.717) is 6.61 Å². The molecule has 15 heavy (non-hydrogen) atoms. The van der Waals surface area contributed by atoms with Crippen molar-refractivity contribution >= 4 is 31.9 Å². The van der Waals surface area contributed by atoms with Gasteiger partial charge in [-0.1, -0.05) is 15.9 Å². The lowest BCUT2D eigenvalue weighted by Crippen LogP contribution is -2.30. The van der Waals surface area contributed by atoms with Crippen molar-refractivity contribution in [3.63, 3.8) is 0 Å². The molecule has 0 aliphatic carbocycles. The highest BCUT2D eigenvalue weighted by Gasteiger charge is 2.21. The van der Waals surface area contributed by atoms with Crippen LogP contribution in [0.4, 0.5) is 0 Å². The van der Waals surface area contributed by atoms with E-state index in [9.17, 15) is 0 Å². The molecule has 1 aromatic carbocycles. The van der Waals surface area contributed by atoms with Crippen molar-refractivity contribution in [1.82, 2.24) is 0 Å². The summed E-state index contributed by atoms with van der Waals surface area (Å²) in [5, 5.41) is 0.755. The number of fused-ring (bicyclic) bond motifs is 1. The van der Waals surface area contributed by atoms with Crippen molar-refractivity contribution in [2.75, 3.05) is 19.0 Å². The summed E-state index contributed by atoms with van der Waals surface area (Å²) in [5.74, 6) is 2.22. The lowest BCUT2D eigenvalue weighted by molar-refractivity contribution is 0.107. The molecule has 0 spiro atoms. The molecule has 0 radical (unpaired) electrons. The first-order valence-electron chi connectivity index (χ1n) is 4.47. The molecule has 1 aromatic rings. The van der Waals surface area contributed by atoms with Gasteiger partial charge in [-0.25, -0.2) is 0 Å². The van der Waals surface area contributed by atoms with Gasteiger partial charge in [0, 0.05) is 17.5 Å². The van der Waals surface area contributed by atoms with Gasteiger partial charge in [-0.3, -0.25) is 0 Å². The molecule has 1 unspecified atom stereocenters. The molecule has 1 atom stereocenters. The van der Waals surface area contributed by atoms with Gasteiger partial charge in [-0.2, -0.15) is 0 Å². The van der Waals surface area contributed by atoms with Crippen LogP contribution in [0.25, 0.3) is 0 Å². The lowest BCUT2D eigenvalue weighted by Gasteiger charge is -2.25. The Hall–Kier alpha value is -0.420. The van der Waals surface area contributed by atoms with Gasteiger partial charge in [0.1, 0.15) is 18.5 Å². The predicted molar refractivity (Wildman–Crippen MR) is 64.4 cm³/mol. The molecule has 0 saturated carbocycles. The number of rotatable bonds is 2. The number of methoxy groups -OCH3 is 1. The van der Waals surface area contributed by atoms with E-state index in [1.165, 1.54) is 0 Å². The number of alkyl halides is 1. The van der Waals surface area contributed by atoms with Gasteiger partial charge in [-0.15, -0.1) is 0 Å². The quantitative estimate of drug-likeness (QED) is 0.776. The summed E-state index contributed by atoms with van der Waals surface area (Å²) in [4.78, 5) is 0. The fourth-order valence-corrected chi connectivity index (χ4v) is 2.15. The van der Waals surface area contributed by atoms with E-state index < -0.39 is 0 Å². The molecule has 0 bridgehead atoms. The molecule has 3 nitrogen and oxygen atoms in total. The minimum Gasteiger partial charge on any atom is -0.495 e. The van der Waals surface area contributed by atoms with Crippen molar-refractivity contribution < 1.29 is 14.2 Å². The maximum atomic E-state index is 5.71. The first kappa shape index (κ1) is 11.1. The minimum absolute atomic E-state index is 0.0587. The average molecular weight is 338 g/mol. The molecule has 0 amide bonds. The van der Waals surface area contributed by atoms with Gasteiger partial charge in [0.15, 0.2) is 11.5 Å². The SMILES string of the molecule is COc1cc2c(cc1Br)OCC(CBr)O2. The Morgan fingerprint density at radius 2 is 2.27 bits per heavy atom. The normalized spacial score (nSPS) is 18.7. The van der Waals surface area contributed by atoms with Gasteiger partial charge >= 0.3 is 0 Å². The highest BCUT2D eigenvalue weighted by atomic mass is 79.9. The molecule has 0 N–H and O–H groups in total. The summed E-state index contributed by atoms with van der Waals surface area (Å²) >= 11 is 6.77. The summed E-state index contributed by atoms with van der Waals surface area (Å²) in [7, 11) is 1.62. The fourth-order valence-electron chi connectivity index (χ4n) is 1.35. The highest BCUT2D eigenvalue weighted by molar-refractivity contribution is 9.10. The third kappa shape index (κ3) is 2.23. The zero-order valence-electron chi connectivity index (χ0n) is 8.13. The van der Waals surface area contributed by atoms with Crippen LogP contribution in [0.5, 0.6) is 17.2 Å². The second-order valence-electron chi connectivity index (χ2n) is 3.14. The smallest absolute Gasteiger partial charge is 0.165 e. The second kappa shape index (κ2) is 4.61. The first-order valence-corrected chi connectivity index (χ1v) is 6.39. The van der Waals surface area contributed by atoms with Crippen LogP contribution in [0.1, 0.15) is 0 Å². The maximum Gasteiger partial charge on any atom is 0.165 e. The minimum atomic E-state index is 0.0587. The van der Waals surface area contributed by atoms with Crippen LogP contribution in [0.3, 0.4) is 0 Å². The molecule has 2 rings (SSSR count). The second-order valence-corrected chi connectivity index (χ2v) is 4.64. The van der Waals surface area contributed by atoms with Crippen LogP contribution in [0, 0.1) is 0 Å². The molecule has 0 fully saturated rings. The largest absolute Gasteiger partial charge is 0.495 e. The number of ether oxygens (including phenoxy) is 3. The van der Waals surface area contributed by atoms with E-state index in [0.717, 1.165) is 27.1 Å². The third-order valence-corrected chi connectivity index (χ3v) is 3.45. The summed E-state index contributed by atoms with van der Waals surface area (Å²) < 4.78 is 17.3. The van der Waals surface area contributed by atoms with Crippen molar-refractivity contribution in [1.29, 1.82) is 0 Å². The van der Waals surface area contributed by atoms with Gasteiger partial charge in [0.05, 0.1) is 11.6 Å². The van der Waals surface area contributed by atoms with Crippen molar-refractivity contribution in [2.24, 2.45) is 0 Å². The summed E-state index contributed by atoms with van der Waals surface area (Å²) in [6.45, 7) is 0.566. The standard InChI is InChI=1S/C10H10Br2O3/c1-13-8-3-10-9(2-7(8)12)14-5-6(4-11)15-10/h2-3,6H,4-5H2,1H3. The van der Waals surface area contributed by atoms with E-state index >= 15 is 0 Å². The summed E-state index contributed by atoms with van der Waals surface area (Å²) in [6.07, 6.45) is 0.0587. The molecular weight excluding hydrogens is 328 g/mol. The van der Waals surface area contributed by atoms with E-state index in [2.05, 4.69) is 31.9 Å². The molecule has 82 valence electrons. The Balaban J connectivity index is 2.33. The fraction of sp³-hybridized carbons (Fsp3) is 0.400. The number of halogens is 2. The van der Waals surface area contributed by atoms with E-state index in [4.69, 9.17) is 14.2 Å². The first-order chi connectivity index (χ1) is 7.24. The molecule has 1 aliphatic rings. The van der Waals surface area contributed by atoms with E-state index in [1.807, 2.05) is 12.1 Å².